The van der Waals surface area contributed by atoms with Crippen molar-refractivity contribution in [1.29, 1.82) is 0 Å². The van der Waals surface area contributed by atoms with Gasteiger partial charge in [-0.05, 0) is 18.8 Å². The molecular formula is C12H16N2O3S. The summed E-state index contributed by atoms with van der Waals surface area (Å²) in [5.41, 5.74) is -0.136. The van der Waals surface area contributed by atoms with Crippen LogP contribution in [0.1, 0.15) is 53.3 Å². The number of carboxylic acids is 1. The molecule has 0 aliphatic heterocycles. The maximum absolute atomic E-state index is 11.3. The molecule has 2 unspecified atom stereocenters. The zero-order valence-electron chi connectivity index (χ0n) is 10.4. The van der Waals surface area contributed by atoms with Crippen molar-refractivity contribution in [2.24, 2.45) is 5.92 Å². The zero-order valence-corrected chi connectivity index (χ0v) is 11.2. The van der Waals surface area contributed by atoms with Gasteiger partial charge in [-0.3, -0.25) is 4.79 Å². The van der Waals surface area contributed by atoms with Crippen LogP contribution in [0.5, 0.6) is 0 Å². The highest BCUT2D eigenvalue weighted by Crippen LogP contribution is 2.38. The summed E-state index contributed by atoms with van der Waals surface area (Å²) >= 11 is 1.13. The molecule has 1 aliphatic carbocycles. The van der Waals surface area contributed by atoms with Gasteiger partial charge in [-0.25, -0.2) is 9.78 Å². The van der Waals surface area contributed by atoms with E-state index in [0.29, 0.717) is 17.1 Å². The molecule has 1 heterocycles. The summed E-state index contributed by atoms with van der Waals surface area (Å²) in [4.78, 5) is 26.5. The number of carbonyl (C=O) groups excluding carboxylic acids is 1. The van der Waals surface area contributed by atoms with E-state index in [9.17, 15) is 9.59 Å². The fourth-order valence-corrected chi connectivity index (χ4v) is 2.95. The number of carbonyl (C=O) groups is 2. The second kappa shape index (κ2) is 5.06. The molecule has 1 aromatic rings. The topological polar surface area (TPSA) is 79.3 Å². The van der Waals surface area contributed by atoms with Crippen LogP contribution in [0.3, 0.4) is 0 Å². The van der Waals surface area contributed by atoms with E-state index in [1.807, 2.05) is 0 Å². The van der Waals surface area contributed by atoms with Crippen LogP contribution >= 0.6 is 11.3 Å². The highest BCUT2D eigenvalue weighted by atomic mass is 32.1. The summed E-state index contributed by atoms with van der Waals surface area (Å²) in [7, 11) is 0. The highest BCUT2D eigenvalue weighted by molar-refractivity contribution is 7.17. The molecule has 1 aromatic heterocycles. The number of aromatic carboxylic acids is 1. The third-order valence-electron chi connectivity index (χ3n) is 3.04. The Morgan fingerprint density at radius 1 is 1.56 bits per heavy atom. The Labute approximate surface area is 109 Å². The number of anilines is 1. The van der Waals surface area contributed by atoms with Crippen LogP contribution < -0.4 is 5.32 Å². The summed E-state index contributed by atoms with van der Waals surface area (Å²) in [6.07, 6.45) is 3.43. The molecule has 1 saturated carbocycles. The van der Waals surface area contributed by atoms with E-state index in [2.05, 4.69) is 17.2 Å². The standard InChI is InChI=1S/C12H16N2O3S/c1-3-4-7-5-8(7)13-12-14-9(11(16)17)10(18-12)6(2)15/h7-8H,3-5H2,1-2H3,(H,13,14)(H,16,17). The molecule has 2 rings (SSSR count). The van der Waals surface area contributed by atoms with Crippen LogP contribution in [-0.4, -0.2) is 27.9 Å². The van der Waals surface area contributed by atoms with E-state index < -0.39 is 5.97 Å². The van der Waals surface area contributed by atoms with Crippen LogP contribution in [0.2, 0.25) is 0 Å². The molecule has 0 amide bonds. The van der Waals surface area contributed by atoms with Crippen molar-refractivity contribution in [3.8, 4) is 0 Å². The van der Waals surface area contributed by atoms with Crippen molar-refractivity contribution >= 4 is 28.2 Å². The monoisotopic (exact) mass is 268 g/mol. The lowest BCUT2D eigenvalue weighted by molar-refractivity contribution is 0.0687. The fraction of sp³-hybridized carbons (Fsp3) is 0.583. The quantitative estimate of drug-likeness (QED) is 0.775. The first-order valence-corrected chi connectivity index (χ1v) is 6.86. The van der Waals surface area contributed by atoms with Crippen molar-refractivity contribution in [1.82, 2.24) is 4.98 Å². The molecule has 2 N–H and O–H groups in total. The number of carboxylic acid groups (broad SMARTS) is 1. The molecule has 5 nitrogen and oxygen atoms in total. The first-order chi connectivity index (χ1) is 8.52. The lowest BCUT2D eigenvalue weighted by Gasteiger charge is -1.99. The van der Waals surface area contributed by atoms with Crippen molar-refractivity contribution < 1.29 is 14.7 Å². The largest absolute Gasteiger partial charge is 0.476 e. The van der Waals surface area contributed by atoms with Crippen LogP contribution in [0, 0.1) is 5.92 Å². The SMILES string of the molecule is CCCC1CC1Nc1nc(C(=O)O)c(C(C)=O)s1. The van der Waals surface area contributed by atoms with E-state index >= 15 is 0 Å². The molecule has 0 bridgehead atoms. The van der Waals surface area contributed by atoms with E-state index in [-0.39, 0.29) is 16.4 Å². The minimum Gasteiger partial charge on any atom is -0.476 e. The predicted molar refractivity (Wildman–Crippen MR) is 69.5 cm³/mol. The third kappa shape index (κ3) is 2.69. The normalized spacial score (nSPS) is 21.7. The Morgan fingerprint density at radius 3 is 2.78 bits per heavy atom. The Morgan fingerprint density at radius 2 is 2.28 bits per heavy atom. The number of aromatic nitrogens is 1. The second-order valence-corrected chi connectivity index (χ2v) is 5.59. The molecule has 6 heteroatoms. The van der Waals surface area contributed by atoms with Gasteiger partial charge in [-0.15, -0.1) is 0 Å². The van der Waals surface area contributed by atoms with Gasteiger partial charge < -0.3 is 10.4 Å². The van der Waals surface area contributed by atoms with E-state index in [0.717, 1.165) is 24.2 Å². The van der Waals surface area contributed by atoms with Crippen LogP contribution in [0.4, 0.5) is 5.13 Å². The van der Waals surface area contributed by atoms with Crippen molar-refractivity contribution in [2.75, 3.05) is 5.32 Å². The molecule has 1 fully saturated rings. The number of thiazole rings is 1. The number of hydrogen-bond acceptors (Lipinski definition) is 5. The zero-order chi connectivity index (χ0) is 13.3. The molecule has 18 heavy (non-hydrogen) atoms. The minimum absolute atomic E-state index is 0.136. The summed E-state index contributed by atoms with van der Waals surface area (Å²) in [5.74, 6) is -0.739. The summed E-state index contributed by atoms with van der Waals surface area (Å²) in [6, 6.07) is 0.387. The Bertz CT molecular complexity index is 452. The Hall–Kier alpha value is -1.43. The molecule has 0 radical (unpaired) electrons. The van der Waals surface area contributed by atoms with Crippen LogP contribution in [0.25, 0.3) is 0 Å². The van der Waals surface area contributed by atoms with Gasteiger partial charge in [0.1, 0.15) is 4.88 Å². The number of nitrogens with one attached hydrogen (secondary N) is 1. The Balaban J connectivity index is 2.08. The summed E-state index contributed by atoms with van der Waals surface area (Å²) in [5, 5.41) is 12.7. The van der Waals surface area contributed by atoms with Gasteiger partial charge in [-0.1, -0.05) is 24.7 Å². The van der Waals surface area contributed by atoms with Gasteiger partial charge in [-0.2, -0.15) is 0 Å². The molecule has 0 aromatic carbocycles. The average Bonchev–Trinajstić information content (AvgIpc) is 2.86. The lowest BCUT2D eigenvalue weighted by atomic mass is 10.2. The smallest absolute Gasteiger partial charge is 0.356 e. The predicted octanol–water partition coefficient (Wildman–Crippen LogP) is 2.64. The molecule has 1 aliphatic rings. The number of Topliss-reactive ketones (excluding diaryl/α,β-unsaturated/α-hetero) is 1. The van der Waals surface area contributed by atoms with E-state index in [1.165, 1.54) is 13.3 Å². The van der Waals surface area contributed by atoms with Gasteiger partial charge in [0, 0.05) is 13.0 Å². The van der Waals surface area contributed by atoms with Crippen molar-refractivity contribution in [3.63, 3.8) is 0 Å². The maximum Gasteiger partial charge on any atom is 0.356 e. The van der Waals surface area contributed by atoms with Gasteiger partial charge in [0.2, 0.25) is 0 Å². The number of hydrogen-bond donors (Lipinski definition) is 2. The van der Waals surface area contributed by atoms with E-state index in [4.69, 9.17) is 5.11 Å². The summed E-state index contributed by atoms with van der Waals surface area (Å²) < 4.78 is 0. The van der Waals surface area contributed by atoms with E-state index in [1.54, 1.807) is 0 Å². The lowest BCUT2D eigenvalue weighted by Crippen LogP contribution is -2.06. The molecule has 0 spiro atoms. The molecule has 0 saturated heterocycles. The van der Waals surface area contributed by atoms with Crippen LogP contribution in [0.15, 0.2) is 0 Å². The number of ketones is 1. The number of nitrogens with zero attached hydrogens (tertiary/aromatic N) is 1. The first kappa shape index (κ1) is 13.0. The number of rotatable bonds is 6. The van der Waals surface area contributed by atoms with Gasteiger partial charge >= 0.3 is 5.97 Å². The third-order valence-corrected chi connectivity index (χ3v) is 4.13. The Kier molecular flexibility index (Phi) is 3.65. The summed E-state index contributed by atoms with van der Waals surface area (Å²) in [6.45, 7) is 3.51. The fourth-order valence-electron chi connectivity index (χ4n) is 2.04. The molecule has 2 atom stereocenters. The molecular weight excluding hydrogens is 252 g/mol. The van der Waals surface area contributed by atoms with Gasteiger partial charge in [0.15, 0.2) is 16.6 Å². The first-order valence-electron chi connectivity index (χ1n) is 6.04. The average molecular weight is 268 g/mol. The van der Waals surface area contributed by atoms with Crippen LogP contribution in [-0.2, 0) is 0 Å². The minimum atomic E-state index is -1.15. The molecule has 98 valence electrons. The second-order valence-electron chi connectivity index (χ2n) is 4.59. The van der Waals surface area contributed by atoms with Gasteiger partial charge in [0.05, 0.1) is 0 Å². The maximum atomic E-state index is 11.3. The van der Waals surface area contributed by atoms with Crippen molar-refractivity contribution in [2.45, 2.75) is 39.2 Å². The van der Waals surface area contributed by atoms with Gasteiger partial charge in [0.25, 0.3) is 0 Å². The highest BCUT2D eigenvalue weighted by Gasteiger charge is 2.37. The van der Waals surface area contributed by atoms with Crippen molar-refractivity contribution in [3.05, 3.63) is 10.6 Å².